The van der Waals surface area contributed by atoms with Crippen molar-refractivity contribution in [1.29, 1.82) is 0 Å². The maximum absolute atomic E-state index is 13.3. The Balaban J connectivity index is 1.98. The molecule has 1 aromatic rings. The fourth-order valence-electron chi connectivity index (χ4n) is 3.02. The second kappa shape index (κ2) is 6.71. The van der Waals surface area contributed by atoms with Gasteiger partial charge in [-0.2, -0.15) is 0 Å². The zero-order valence-electron chi connectivity index (χ0n) is 11.8. The Morgan fingerprint density at radius 2 is 2.05 bits per heavy atom. The molecule has 1 N–H and O–H groups in total. The lowest BCUT2D eigenvalue weighted by Gasteiger charge is -2.22. The van der Waals surface area contributed by atoms with Gasteiger partial charge in [0, 0.05) is 11.1 Å². The summed E-state index contributed by atoms with van der Waals surface area (Å²) in [7, 11) is 0. The Hall–Kier alpha value is -0.600. The van der Waals surface area contributed by atoms with Crippen molar-refractivity contribution in [2.24, 2.45) is 11.8 Å². The van der Waals surface area contributed by atoms with Crippen LogP contribution in [0.4, 0.5) is 4.39 Å². The second-order valence-electron chi connectivity index (χ2n) is 5.95. The predicted molar refractivity (Wildman–Crippen MR) is 79.1 cm³/mol. The molecule has 1 fully saturated rings. The van der Waals surface area contributed by atoms with Gasteiger partial charge in [-0.1, -0.05) is 31.9 Å². The topological polar surface area (TPSA) is 12.0 Å². The summed E-state index contributed by atoms with van der Waals surface area (Å²) in [5, 5.41) is 4.22. The van der Waals surface area contributed by atoms with Gasteiger partial charge < -0.3 is 5.32 Å². The third kappa shape index (κ3) is 4.19. The average molecular weight is 284 g/mol. The summed E-state index contributed by atoms with van der Waals surface area (Å²) < 4.78 is 13.3. The monoisotopic (exact) mass is 283 g/mol. The fourth-order valence-corrected chi connectivity index (χ4v) is 3.22. The van der Waals surface area contributed by atoms with Crippen LogP contribution < -0.4 is 5.32 Å². The molecule has 0 spiro atoms. The molecule has 0 bridgehead atoms. The highest BCUT2D eigenvalue weighted by atomic mass is 35.5. The van der Waals surface area contributed by atoms with E-state index in [0.29, 0.717) is 22.9 Å². The molecule has 2 unspecified atom stereocenters. The van der Waals surface area contributed by atoms with E-state index < -0.39 is 0 Å². The van der Waals surface area contributed by atoms with Crippen LogP contribution in [0.2, 0.25) is 5.02 Å². The summed E-state index contributed by atoms with van der Waals surface area (Å²) in [6, 6.07) is 5.22. The highest BCUT2D eigenvalue weighted by Gasteiger charge is 2.27. The van der Waals surface area contributed by atoms with E-state index in [0.717, 1.165) is 18.5 Å². The predicted octanol–water partition coefficient (Wildman–Crippen LogP) is 4.44. The van der Waals surface area contributed by atoms with Gasteiger partial charge in [0.25, 0.3) is 0 Å². The lowest BCUT2D eigenvalue weighted by atomic mass is 9.89. The van der Waals surface area contributed by atoms with Crippen LogP contribution >= 0.6 is 11.6 Å². The lowest BCUT2D eigenvalue weighted by molar-refractivity contribution is 0.354. The first kappa shape index (κ1) is 14.8. The molecule has 0 aromatic heterocycles. The summed E-state index contributed by atoms with van der Waals surface area (Å²) in [6.45, 7) is 5.41. The Morgan fingerprint density at radius 3 is 2.79 bits per heavy atom. The number of hydrogen-bond acceptors (Lipinski definition) is 1. The first-order valence-electron chi connectivity index (χ1n) is 7.23. The van der Waals surface area contributed by atoms with Crippen LogP contribution in [0.1, 0.15) is 38.7 Å². The standard InChI is InChI=1S/C16H23ClFN/c1-11(2)19-10-13-5-3-4-12(13)8-14-9-15(18)6-7-16(14)17/h6-7,9,11-13,19H,3-5,8,10H2,1-2H3. The molecule has 2 atom stereocenters. The van der Waals surface area contributed by atoms with Crippen molar-refractivity contribution < 1.29 is 4.39 Å². The van der Waals surface area contributed by atoms with Crippen molar-refractivity contribution in [2.75, 3.05) is 6.54 Å². The van der Waals surface area contributed by atoms with Crippen LogP contribution in [0, 0.1) is 17.7 Å². The largest absolute Gasteiger partial charge is 0.314 e. The summed E-state index contributed by atoms with van der Waals surface area (Å²) in [6.07, 6.45) is 4.69. The van der Waals surface area contributed by atoms with Gasteiger partial charge in [-0.15, -0.1) is 0 Å². The van der Waals surface area contributed by atoms with Crippen molar-refractivity contribution in [1.82, 2.24) is 5.32 Å². The van der Waals surface area contributed by atoms with Crippen LogP contribution in [-0.4, -0.2) is 12.6 Å². The number of nitrogens with one attached hydrogen (secondary N) is 1. The molecular weight excluding hydrogens is 261 g/mol. The Labute approximate surface area is 120 Å². The van der Waals surface area contributed by atoms with Crippen LogP contribution in [0.3, 0.4) is 0 Å². The van der Waals surface area contributed by atoms with Gasteiger partial charge in [0.15, 0.2) is 0 Å². The maximum Gasteiger partial charge on any atom is 0.123 e. The molecule has 0 radical (unpaired) electrons. The first-order chi connectivity index (χ1) is 9.06. The molecule has 0 amide bonds. The fraction of sp³-hybridized carbons (Fsp3) is 0.625. The van der Waals surface area contributed by atoms with E-state index in [1.165, 1.54) is 25.3 Å². The highest BCUT2D eigenvalue weighted by molar-refractivity contribution is 6.31. The zero-order chi connectivity index (χ0) is 13.8. The Morgan fingerprint density at radius 1 is 1.32 bits per heavy atom. The molecule has 1 nitrogen and oxygen atoms in total. The van der Waals surface area contributed by atoms with Gasteiger partial charge in [0.2, 0.25) is 0 Å². The lowest BCUT2D eigenvalue weighted by Crippen LogP contribution is -2.31. The van der Waals surface area contributed by atoms with Crippen LogP contribution in [-0.2, 0) is 6.42 Å². The van der Waals surface area contributed by atoms with Crippen molar-refractivity contribution in [3.63, 3.8) is 0 Å². The van der Waals surface area contributed by atoms with Gasteiger partial charge in [-0.05, 0) is 61.4 Å². The van der Waals surface area contributed by atoms with Crippen LogP contribution in [0.15, 0.2) is 18.2 Å². The number of rotatable bonds is 5. The molecule has 106 valence electrons. The molecule has 1 saturated carbocycles. The molecule has 2 rings (SSSR count). The normalized spacial score (nSPS) is 23.2. The van der Waals surface area contributed by atoms with Gasteiger partial charge in [-0.25, -0.2) is 4.39 Å². The third-order valence-electron chi connectivity index (χ3n) is 4.09. The summed E-state index contributed by atoms with van der Waals surface area (Å²) in [5.41, 5.74) is 0.961. The van der Waals surface area contributed by atoms with E-state index >= 15 is 0 Å². The van der Waals surface area contributed by atoms with E-state index in [4.69, 9.17) is 11.6 Å². The molecule has 19 heavy (non-hydrogen) atoms. The molecule has 0 aliphatic heterocycles. The van der Waals surface area contributed by atoms with Gasteiger partial charge in [0.1, 0.15) is 5.82 Å². The van der Waals surface area contributed by atoms with Gasteiger partial charge in [0.05, 0.1) is 0 Å². The van der Waals surface area contributed by atoms with Crippen molar-refractivity contribution >= 4 is 11.6 Å². The van der Waals surface area contributed by atoms with E-state index in [9.17, 15) is 4.39 Å². The summed E-state index contributed by atoms with van der Waals surface area (Å²) in [5.74, 6) is 1.14. The second-order valence-corrected chi connectivity index (χ2v) is 6.36. The molecule has 1 aromatic carbocycles. The minimum atomic E-state index is -0.186. The molecule has 3 heteroatoms. The van der Waals surface area contributed by atoms with Crippen LogP contribution in [0.5, 0.6) is 0 Å². The highest BCUT2D eigenvalue weighted by Crippen LogP contribution is 2.35. The third-order valence-corrected chi connectivity index (χ3v) is 4.46. The van der Waals surface area contributed by atoms with Crippen molar-refractivity contribution in [3.05, 3.63) is 34.6 Å². The van der Waals surface area contributed by atoms with E-state index in [2.05, 4.69) is 19.2 Å². The molecule has 1 aliphatic carbocycles. The SMILES string of the molecule is CC(C)NCC1CCCC1Cc1cc(F)ccc1Cl. The minimum Gasteiger partial charge on any atom is -0.314 e. The average Bonchev–Trinajstić information content (AvgIpc) is 2.79. The summed E-state index contributed by atoms with van der Waals surface area (Å²) in [4.78, 5) is 0. The minimum absolute atomic E-state index is 0.186. The van der Waals surface area contributed by atoms with E-state index in [1.54, 1.807) is 12.1 Å². The summed E-state index contributed by atoms with van der Waals surface area (Å²) >= 11 is 6.17. The molecular formula is C16H23ClFN. The zero-order valence-corrected chi connectivity index (χ0v) is 12.5. The Bertz CT molecular complexity index is 419. The quantitative estimate of drug-likeness (QED) is 0.843. The van der Waals surface area contributed by atoms with E-state index in [-0.39, 0.29) is 5.82 Å². The first-order valence-corrected chi connectivity index (χ1v) is 7.61. The number of halogens is 2. The smallest absolute Gasteiger partial charge is 0.123 e. The van der Waals surface area contributed by atoms with Crippen LogP contribution in [0.25, 0.3) is 0 Å². The molecule has 1 aliphatic rings. The number of benzene rings is 1. The Kier molecular flexibility index (Phi) is 5.23. The van der Waals surface area contributed by atoms with Gasteiger partial charge >= 0.3 is 0 Å². The van der Waals surface area contributed by atoms with Crippen molar-refractivity contribution in [2.45, 2.75) is 45.6 Å². The molecule has 0 heterocycles. The van der Waals surface area contributed by atoms with Crippen molar-refractivity contribution in [3.8, 4) is 0 Å². The molecule has 0 saturated heterocycles. The maximum atomic E-state index is 13.3. The van der Waals surface area contributed by atoms with E-state index in [1.807, 2.05) is 0 Å². The van der Waals surface area contributed by atoms with Gasteiger partial charge in [-0.3, -0.25) is 0 Å². The number of hydrogen-bond donors (Lipinski definition) is 1.